The number of anilines is 1. The third kappa shape index (κ3) is 4.19. The molecule has 0 aliphatic rings. The van der Waals surface area contributed by atoms with Crippen LogP contribution < -0.4 is 5.32 Å². The SMILES string of the molecule is N#CNc1nc(/C=C/c2ccc(Br)cc2)nc(-c2ccccc2O)n1. The molecule has 0 unspecified atom stereocenters. The minimum Gasteiger partial charge on any atom is -0.507 e. The number of phenols is 1. The average Bonchev–Trinajstić information content (AvgIpc) is 2.62. The van der Waals surface area contributed by atoms with Gasteiger partial charge in [-0.2, -0.15) is 15.2 Å². The molecular formula is C18H12BrN5O. The second-order valence-corrected chi connectivity index (χ2v) is 5.90. The quantitative estimate of drug-likeness (QED) is 0.512. The number of aromatic hydroxyl groups is 1. The average molecular weight is 394 g/mol. The number of hydrogen-bond donors (Lipinski definition) is 2. The van der Waals surface area contributed by atoms with Gasteiger partial charge in [0.25, 0.3) is 0 Å². The van der Waals surface area contributed by atoms with E-state index in [-0.39, 0.29) is 17.5 Å². The van der Waals surface area contributed by atoms with Gasteiger partial charge in [-0.25, -0.2) is 4.98 Å². The van der Waals surface area contributed by atoms with Gasteiger partial charge in [-0.3, -0.25) is 5.32 Å². The van der Waals surface area contributed by atoms with E-state index in [4.69, 9.17) is 5.26 Å². The summed E-state index contributed by atoms with van der Waals surface area (Å²) in [5.74, 6) is 0.820. The van der Waals surface area contributed by atoms with Crippen LogP contribution in [0.3, 0.4) is 0 Å². The van der Waals surface area contributed by atoms with Crippen molar-refractivity contribution in [3.63, 3.8) is 0 Å². The van der Waals surface area contributed by atoms with E-state index in [0.29, 0.717) is 11.4 Å². The van der Waals surface area contributed by atoms with E-state index in [1.54, 1.807) is 36.5 Å². The molecule has 1 heterocycles. The smallest absolute Gasteiger partial charge is 0.240 e. The molecule has 0 fully saturated rings. The first-order chi connectivity index (χ1) is 12.2. The lowest BCUT2D eigenvalue weighted by molar-refractivity contribution is 0.477. The molecule has 0 amide bonds. The summed E-state index contributed by atoms with van der Waals surface area (Å²) in [5.41, 5.74) is 1.44. The molecule has 0 atom stereocenters. The van der Waals surface area contributed by atoms with Crippen molar-refractivity contribution in [3.8, 4) is 23.3 Å². The number of phenolic OH excluding ortho intramolecular Hbond substituents is 1. The maximum Gasteiger partial charge on any atom is 0.240 e. The first kappa shape index (κ1) is 16.6. The number of halogens is 1. The van der Waals surface area contributed by atoms with Gasteiger partial charge in [0.1, 0.15) is 5.75 Å². The van der Waals surface area contributed by atoms with E-state index in [9.17, 15) is 5.11 Å². The van der Waals surface area contributed by atoms with E-state index >= 15 is 0 Å². The van der Waals surface area contributed by atoms with E-state index in [2.05, 4.69) is 36.2 Å². The summed E-state index contributed by atoms with van der Waals surface area (Å²) in [7, 11) is 0. The maximum absolute atomic E-state index is 10.0. The summed E-state index contributed by atoms with van der Waals surface area (Å²) in [6.45, 7) is 0. The molecule has 0 spiro atoms. The van der Waals surface area contributed by atoms with Crippen LogP contribution in [0.4, 0.5) is 5.95 Å². The van der Waals surface area contributed by atoms with Crippen molar-refractivity contribution >= 4 is 34.0 Å². The van der Waals surface area contributed by atoms with Crippen LogP contribution in [0.25, 0.3) is 23.5 Å². The molecule has 0 bridgehead atoms. The Balaban J connectivity index is 2.00. The van der Waals surface area contributed by atoms with Gasteiger partial charge in [-0.1, -0.05) is 46.3 Å². The minimum atomic E-state index is 0.0550. The highest BCUT2D eigenvalue weighted by molar-refractivity contribution is 9.10. The van der Waals surface area contributed by atoms with Crippen molar-refractivity contribution in [2.24, 2.45) is 0 Å². The van der Waals surface area contributed by atoms with Crippen LogP contribution in [0, 0.1) is 11.5 Å². The van der Waals surface area contributed by atoms with Crippen molar-refractivity contribution in [1.29, 1.82) is 5.26 Å². The van der Waals surface area contributed by atoms with Gasteiger partial charge in [0.15, 0.2) is 17.8 Å². The first-order valence-electron chi connectivity index (χ1n) is 7.29. The third-order valence-corrected chi connectivity index (χ3v) is 3.79. The number of nitrogens with one attached hydrogen (secondary N) is 1. The van der Waals surface area contributed by atoms with E-state index < -0.39 is 0 Å². The number of nitrogens with zero attached hydrogens (tertiary/aromatic N) is 4. The van der Waals surface area contributed by atoms with Crippen LogP contribution >= 0.6 is 15.9 Å². The highest BCUT2D eigenvalue weighted by Crippen LogP contribution is 2.26. The Morgan fingerprint density at radius 3 is 2.48 bits per heavy atom. The van der Waals surface area contributed by atoms with Crippen LogP contribution in [0.15, 0.2) is 53.0 Å². The Hall–Kier alpha value is -3.24. The molecule has 0 radical (unpaired) electrons. The molecule has 7 heteroatoms. The first-order valence-corrected chi connectivity index (χ1v) is 8.08. The fourth-order valence-electron chi connectivity index (χ4n) is 2.10. The predicted octanol–water partition coefficient (Wildman–Crippen LogP) is 4.07. The Morgan fingerprint density at radius 2 is 1.76 bits per heavy atom. The molecule has 2 N–H and O–H groups in total. The molecule has 0 saturated heterocycles. The van der Waals surface area contributed by atoms with Crippen molar-refractivity contribution in [2.45, 2.75) is 0 Å². The lowest BCUT2D eigenvalue weighted by Gasteiger charge is -2.05. The van der Waals surface area contributed by atoms with E-state index in [0.717, 1.165) is 10.0 Å². The molecule has 2 aromatic carbocycles. The molecule has 3 rings (SSSR count). The molecule has 1 aromatic heterocycles. The zero-order valence-electron chi connectivity index (χ0n) is 12.9. The Labute approximate surface area is 152 Å². The standard InChI is InChI=1S/C18H12BrN5O/c19-13-8-5-12(6-9-13)7-10-16-22-17(24-18(23-16)21-11-20)14-3-1-2-4-15(14)25/h1-10,25H,(H,21,22,23,24)/b10-7+. The largest absolute Gasteiger partial charge is 0.507 e. The van der Waals surface area contributed by atoms with Gasteiger partial charge in [-0.05, 0) is 35.9 Å². The number of rotatable bonds is 4. The van der Waals surface area contributed by atoms with Gasteiger partial charge >= 0.3 is 0 Å². The maximum atomic E-state index is 10.0. The summed E-state index contributed by atoms with van der Waals surface area (Å²) in [6.07, 6.45) is 5.36. The molecule has 6 nitrogen and oxygen atoms in total. The molecule has 122 valence electrons. The highest BCUT2D eigenvalue weighted by Gasteiger charge is 2.10. The topological polar surface area (TPSA) is 94.7 Å². The van der Waals surface area contributed by atoms with Crippen molar-refractivity contribution in [1.82, 2.24) is 15.0 Å². The fourth-order valence-corrected chi connectivity index (χ4v) is 2.36. The Bertz CT molecular complexity index is 964. The molecule has 3 aromatic rings. The number of hydrogen-bond acceptors (Lipinski definition) is 6. The monoisotopic (exact) mass is 393 g/mol. The van der Waals surface area contributed by atoms with Crippen molar-refractivity contribution < 1.29 is 5.11 Å². The minimum absolute atomic E-state index is 0.0550. The van der Waals surface area contributed by atoms with E-state index in [1.807, 2.05) is 30.3 Å². The Morgan fingerprint density at radius 1 is 1.00 bits per heavy atom. The number of benzene rings is 2. The van der Waals surface area contributed by atoms with Gasteiger partial charge in [0.05, 0.1) is 5.56 Å². The van der Waals surface area contributed by atoms with Gasteiger partial charge in [0.2, 0.25) is 5.95 Å². The fraction of sp³-hybridized carbons (Fsp3) is 0. The van der Waals surface area contributed by atoms with Crippen LogP contribution in [0.1, 0.15) is 11.4 Å². The van der Waals surface area contributed by atoms with Gasteiger partial charge in [-0.15, -0.1) is 0 Å². The van der Waals surface area contributed by atoms with E-state index in [1.165, 1.54) is 0 Å². The zero-order chi connectivity index (χ0) is 17.6. The van der Waals surface area contributed by atoms with Crippen LogP contribution in [-0.4, -0.2) is 20.1 Å². The summed E-state index contributed by atoms with van der Waals surface area (Å²) < 4.78 is 0.993. The van der Waals surface area contributed by atoms with Crippen LogP contribution in [0.5, 0.6) is 5.75 Å². The molecule has 0 aliphatic carbocycles. The number of nitriles is 1. The molecule has 0 aliphatic heterocycles. The second kappa shape index (κ2) is 7.55. The molecule has 0 saturated carbocycles. The summed E-state index contributed by atoms with van der Waals surface area (Å²) in [4.78, 5) is 12.7. The summed E-state index contributed by atoms with van der Waals surface area (Å²) >= 11 is 3.39. The predicted molar refractivity (Wildman–Crippen MR) is 99.2 cm³/mol. The summed E-state index contributed by atoms with van der Waals surface area (Å²) in [5, 5.41) is 21.2. The van der Waals surface area contributed by atoms with Crippen LogP contribution in [0.2, 0.25) is 0 Å². The third-order valence-electron chi connectivity index (χ3n) is 3.26. The van der Waals surface area contributed by atoms with Crippen molar-refractivity contribution in [3.05, 3.63) is 64.4 Å². The van der Waals surface area contributed by atoms with Gasteiger partial charge in [0, 0.05) is 4.47 Å². The number of aromatic nitrogens is 3. The van der Waals surface area contributed by atoms with Crippen molar-refractivity contribution in [2.75, 3.05) is 5.32 Å². The number of para-hydroxylation sites is 1. The second-order valence-electron chi connectivity index (χ2n) is 4.98. The molecule has 25 heavy (non-hydrogen) atoms. The molecular weight excluding hydrogens is 382 g/mol. The normalized spacial score (nSPS) is 10.6. The Kier molecular flexibility index (Phi) is 5.02. The summed E-state index contributed by atoms with van der Waals surface area (Å²) in [6, 6.07) is 14.5. The zero-order valence-corrected chi connectivity index (χ0v) is 14.5. The van der Waals surface area contributed by atoms with Crippen LogP contribution in [-0.2, 0) is 0 Å². The van der Waals surface area contributed by atoms with Gasteiger partial charge < -0.3 is 5.11 Å². The lowest BCUT2D eigenvalue weighted by Crippen LogP contribution is -2.02. The highest BCUT2D eigenvalue weighted by atomic mass is 79.9. The lowest BCUT2D eigenvalue weighted by atomic mass is 10.2.